The Hall–Kier alpha value is -2.96. The van der Waals surface area contributed by atoms with E-state index >= 15 is 0 Å². The highest BCUT2D eigenvalue weighted by Gasteiger charge is 2.69. The van der Waals surface area contributed by atoms with Crippen LogP contribution >= 0.6 is 0 Å². The van der Waals surface area contributed by atoms with Crippen LogP contribution in [0.2, 0.25) is 0 Å². The van der Waals surface area contributed by atoms with E-state index in [-0.39, 0.29) is 47.8 Å². The SMILES string of the molecule is C=CCNC(=O)C(=O)C(CCC)NC(=O)[C@@H]1C2[C@H](CN1C(=O)[C@@H](NC(=O)NC1(CS(C)(=O)=O)CCCCC1)C1CCCCC1)C2(C)C. The molecule has 0 aromatic heterocycles. The van der Waals surface area contributed by atoms with Gasteiger partial charge in [-0.15, -0.1) is 6.58 Å². The standard InChI is InChI=1S/C34H55N5O7S/c1-6-14-24(28(40)30(42)35-19-7-2)36-29(41)27-25-23(33(25,3)4)20-39(27)31(43)26(22-15-10-8-11-16-22)37-32(44)38-34(21-47(5,45)46)17-12-9-13-18-34/h7,22-27H,2,6,8-21H2,1,3-5H3,(H,35,42)(H,36,41)(H2,37,38,44)/t23-,24?,25?,26-,27-/m0/s1. The van der Waals surface area contributed by atoms with E-state index in [0.717, 1.165) is 51.4 Å². The first-order valence-corrected chi connectivity index (χ1v) is 19.5. The number of sulfone groups is 1. The molecule has 5 amide bonds. The molecular weight excluding hydrogens is 622 g/mol. The van der Waals surface area contributed by atoms with E-state index < -0.39 is 57.1 Å². The number of carbonyl (C=O) groups excluding carboxylic acids is 5. The average Bonchev–Trinajstić information content (AvgIpc) is 3.32. The normalized spacial score (nSPS) is 26.2. The van der Waals surface area contributed by atoms with Gasteiger partial charge in [0.2, 0.25) is 17.6 Å². The van der Waals surface area contributed by atoms with E-state index in [1.165, 1.54) is 12.3 Å². The maximum atomic E-state index is 14.5. The van der Waals surface area contributed by atoms with Crippen LogP contribution in [0.25, 0.3) is 0 Å². The molecule has 0 aromatic rings. The number of rotatable bonds is 14. The van der Waals surface area contributed by atoms with Crippen LogP contribution in [0.15, 0.2) is 12.7 Å². The van der Waals surface area contributed by atoms with Crippen molar-refractivity contribution in [3.8, 4) is 0 Å². The van der Waals surface area contributed by atoms with Crippen LogP contribution in [0.3, 0.4) is 0 Å². The van der Waals surface area contributed by atoms with Gasteiger partial charge in [-0.2, -0.15) is 0 Å². The lowest BCUT2D eigenvalue weighted by Gasteiger charge is -2.40. The summed E-state index contributed by atoms with van der Waals surface area (Å²) in [5.74, 6) is -2.68. The molecule has 1 heterocycles. The summed E-state index contributed by atoms with van der Waals surface area (Å²) in [7, 11) is -3.38. The summed E-state index contributed by atoms with van der Waals surface area (Å²) in [4.78, 5) is 69.2. The molecule has 3 aliphatic carbocycles. The zero-order valence-electron chi connectivity index (χ0n) is 28.6. The molecule has 47 heavy (non-hydrogen) atoms. The second-order valence-electron chi connectivity index (χ2n) is 15.0. The second-order valence-corrected chi connectivity index (χ2v) is 17.1. The third-order valence-corrected chi connectivity index (χ3v) is 12.1. The molecule has 2 unspecified atom stereocenters. The maximum Gasteiger partial charge on any atom is 0.315 e. The molecule has 0 radical (unpaired) electrons. The summed E-state index contributed by atoms with van der Waals surface area (Å²) in [6, 6.07) is -3.33. The van der Waals surface area contributed by atoms with Crippen molar-refractivity contribution < 1.29 is 32.4 Å². The second kappa shape index (κ2) is 15.1. The minimum atomic E-state index is -3.38. The lowest BCUT2D eigenvalue weighted by atomic mass is 9.82. The number of piperidine rings is 1. The van der Waals surface area contributed by atoms with Crippen LogP contribution in [0.5, 0.6) is 0 Å². The minimum absolute atomic E-state index is 0.0829. The first kappa shape index (κ1) is 36.9. The van der Waals surface area contributed by atoms with E-state index in [0.29, 0.717) is 25.8 Å². The van der Waals surface area contributed by atoms with Crippen molar-refractivity contribution in [1.29, 1.82) is 0 Å². The average molecular weight is 678 g/mol. The predicted octanol–water partition coefficient (Wildman–Crippen LogP) is 2.62. The van der Waals surface area contributed by atoms with Gasteiger partial charge in [0.05, 0.1) is 17.3 Å². The van der Waals surface area contributed by atoms with Gasteiger partial charge in [0.15, 0.2) is 0 Å². The summed E-state index contributed by atoms with van der Waals surface area (Å²) in [5, 5.41) is 11.2. The fourth-order valence-corrected chi connectivity index (χ4v) is 9.88. The van der Waals surface area contributed by atoms with E-state index in [1.807, 2.05) is 6.92 Å². The van der Waals surface area contributed by atoms with Crippen molar-refractivity contribution in [2.24, 2.45) is 23.2 Å². The number of likely N-dealkylation sites (tertiary alicyclic amines) is 1. The fourth-order valence-electron chi connectivity index (χ4n) is 8.52. The number of nitrogens with one attached hydrogen (secondary N) is 4. The Morgan fingerprint density at radius 1 is 0.979 bits per heavy atom. The number of hydrogen-bond donors (Lipinski definition) is 4. The summed E-state index contributed by atoms with van der Waals surface area (Å²) < 4.78 is 24.7. The Morgan fingerprint density at radius 3 is 2.21 bits per heavy atom. The Balaban J connectivity index is 1.56. The summed E-state index contributed by atoms with van der Waals surface area (Å²) in [6.45, 7) is 10.0. The molecule has 0 spiro atoms. The molecule has 0 bridgehead atoms. The number of urea groups is 1. The van der Waals surface area contributed by atoms with E-state index in [4.69, 9.17) is 0 Å². The van der Waals surface area contributed by atoms with Gasteiger partial charge < -0.3 is 26.2 Å². The van der Waals surface area contributed by atoms with Gasteiger partial charge in [-0.1, -0.05) is 71.8 Å². The lowest BCUT2D eigenvalue weighted by molar-refractivity contribution is -0.144. The van der Waals surface area contributed by atoms with Crippen LogP contribution in [0, 0.1) is 23.2 Å². The summed E-state index contributed by atoms with van der Waals surface area (Å²) in [5.41, 5.74) is -1.08. The van der Waals surface area contributed by atoms with Gasteiger partial charge in [-0.25, -0.2) is 13.2 Å². The Bertz CT molecular complexity index is 1320. The monoisotopic (exact) mass is 677 g/mol. The molecule has 1 saturated heterocycles. The van der Waals surface area contributed by atoms with Crippen LogP contribution in [0.4, 0.5) is 4.79 Å². The van der Waals surface area contributed by atoms with Crippen LogP contribution in [-0.2, 0) is 29.0 Å². The quantitative estimate of drug-likeness (QED) is 0.162. The molecule has 4 aliphatic rings. The number of ketones is 1. The van der Waals surface area contributed by atoms with Gasteiger partial charge in [0.1, 0.15) is 21.9 Å². The highest BCUT2D eigenvalue weighted by Crippen LogP contribution is 2.65. The zero-order valence-corrected chi connectivity index (χ0v) is 29.4. The van der Waals surface area contributed by atoms with E-state index in [9.17, 15) is 32.4 Å². The fraction of sp³-hybridized carbons (Fsp3) is 0.794. The number of hydrogen-bond acceptors (Lipinski definition) is 7. The topological polar surface area (TPSA) is 171 Å². The molecule has 13 heteroatoms. The van der Waals surface area contributed by atoms with Crippen molar-refractivity contribution in [3.05, 3.63) is 12.7 Å². The van der Waals surface area contributed by atoms with Crippen LogP contribution in [-0.4, -0.2) is 91.6 Å². The third kappa shape index (κ3) is 8.75. The van der Waals surface area contributed by atoms with Crippen LogP contribution in [0.1, 0.15) is 97.8 Å². The van der Waals surface area contributed by atoms with Crippen molar-refractivity contribution in [1.82, 2.24) is 26.2 Å². The molecule has 3 saturated carbocycles. The first-order valence-electron chi connectivity index (χ1n) is 17.4. The van der Waals surface area contributed by atoms with Crippen LogP contribution < -0.4 is 21.3 Å². The lowest BCUT2D eigenvalue weighted by Crippen LogP contribution is -2.63. The van der Waals surface area contributed by atoms with Crippen molar-refractivity contribution in [2.45, 2.75) is 121 Å². The molecule has 5 atom stereocenters. The highest BCUT2D eigenvalue weighted by atomic mass is 32.2. The highest BCUT2D eigenvalue weighted by molar-refractivity contribution is 7.90. The van der Waals surface area contributed by atoms with Gasteiger partial charge in [-0.3, -0.25) is 19.2 Å². The Kier molecular flexibility index (Phi) is 11.8. The van der Waals surface area contributed by atoms with Gasteiger partial charge in [0.25, 0.3) is 5.91 Å². The molecule has 12 nitrogen and oxygen atoms in total. The third-order valence-electron chi connectivity index (χ3n) is 11.0. The molecule has 1 aliphatic heterocycles. The number of nitrogens with zero attached hydrogens (tertiary/aromatic N) is 1. The summed E-state index contributed by atoms with van der Waals surface area (Å²) in [6.07, 6.45) is 11.5. The molecule has 4 fully saturated rings. The van der Waals surface area contributed by atoms with Crippen molar-refractivity contribution in [3.63, 3.8) is 0 Å². The predicted molar refractivity (Wildman–Crippen MR) is 179 cm³/mol. The molecule has 0 aromatic carbocycles. The summed E-state index contributed by atoms with van der Waals surface area (Å²) >= 11 is 0. The van der Waals surface area contributed by atoms with Gasteiger partial charge >= 0.3 is 6.03 Å². The number of amides is 5. The first-order chi connectivity index (χ1) is 22.1. The number of fused-ring (bicyclic) bond motifs is 1. The maximum absolute atomic E-state index is 14.5. The van der Waals surface area contributed by atoms with Gasteiger partial charge in [-0.05, 0) is 55.3 Å². The van der Waals surface area contributed by atoms with Crippen molar-refractivity contribution in [2.75, 3.05) is 25.1 Å². The molecule has 4 rings (SSSR count). The molecule has 4 N–H and O–H groups in total. The minimum Gasteiger partial charge on any atom is -0.346 e. The van der Waals surface area contributed by atoms with E-state index in [1.54, 1.807) is 4.90 Å². The zero-order chi connectivity index (χ0) is 34.6. The molecular formula is C34H55N5O7S. The largest absolute Gasteiger partial charge is 0.346 e. The number of Topliss-reactive ketones (excluding diaryl/α,β-unsaturated/α-hetero) is 1. The molecule has 264 valence electrons. The smallest absolute Gasteiger partial charge is 0.315 e. The number of carbonyl (C=O) groups is 5. The van der Waals surface area contributed by atoms with Gasteiger partial charge in [0, 0.05) is 19.3 Å². The van der Waals surface area contributed by atoms with E-state index in [2.05, 4.69) is 41.7 Å². The Morgan fingerprint density at radius 2 is 1.62 bits per heavy atom. The Labute approximate surface area is 279 Å². The van der Waals surface area contributed by atoms with Crippen molar-refractivity contribution >= 4 is 39.4 Å².